The van der Waals surface area contributed by atoms with Crippen LogP contribution in [0.3, 0.4) is 0 Å². The Morgan fingerprint density at radius 3 is 2.36 bits per heavy atom. The van der Waals surface area contributed by atoms with Crippen LogP contribution in [-0.4, -0.2) is 13.1 Å². The second-order valence-corrected chi connectivity index (χ2v) is 4.90. The molecule has 80 valence electrons. The van der Waals surface area contributed by atoms with Crippen molar-refractivity contribution in [3.8, 4) is 0 Å². The fourth-order valence-electron chi connectivity index (χ4n) is 2.77. The molecule has 2 aliphatic carbocycles. The highest BCUT2D eigenvalue weighted by molar-refractivity contribution is 5.26. The molecule has 2 aliphatic rings. The minimum Gasteiger partial charge on any atom is -0.314 e. The van der Waals surface area contributed by atoms with Gasteiger partial charge in [0.25, 0.3) is 0 Å². The van der Waals surface area contributed by atoms with Crippen LogP contribution >= 0.6 is 0 Å². The lowest BCUT2D eigenvalue weighted by Crippen LogP contribution is -2.26. The molecule has 1 nitrogen and oxygen atoms in total. The summed E-state index contributed by atoms with van der Waals surface area (Å²) in [5.74, 6) is 0.950. The Labute approximate surface area is 88.0 Å². The lowest BCUT2D eigenvalue weighted by atomic mass is 9.86. The zero-order valence-electron chi connectivity index (χ0n) is 9.60. The highest BCUT2D eigenvalue weighted by Gasteiger charge is 2.31. The lowest BCUT2D eigenvalue weighted by molar-refractivity contribution is 0.562. The van der Waals surface area contributed by atoms with Crippen LogP contribution in [0, 0.1) is 5.92 Å². The molecule has 0 aromatic carbocycles. The van der Waals surface area contributed by atoms with Crippen molar-refractivity contribution in [2.75, 3.05) is 7.05 Å². The van der Waals surface area contributed by atoms with Gasteiger partial charge in [0.2, 0.25) is 0 Å². The highest BCUT2D eigenvalue weighted by Crippen LogP contribution is 2.42. The van der Waals surface area contributed by atoms with Gasteiger partial charge in [0.05, 0.1) is 0 Å². The van der Waals surface area contributed by atoms with Gasteiger partial charge in [-0.1, -0.05) is 17.6 Å². The number of allylic oxidation sites excluding steroid dienone is 1. The molecule has 0 saturated heterocycles. The molecule has 0 aromatic rings. The van der Waals surface area contributed by atoms with Crippen LogP contribution in [0.25, 0.3) is 0 Å². The van der Waals surface area contributed by atoms with Crippen molar-refractivity contribution in [3.63, 3.8) is 0 Å². The minimum atomic E-state index is 0.621. The molecule has 2 rings (SSSR count). The van der Waals surface area contributed by atoms with Crippen molar-refractivity contribution in [1.82, 2.24) is 5.32 Å². The first-order chi connectivity index (χ1) is 6.83. The van der Waals surface area contributed by atoms with Gasteiger partial charge in [-0.15, -0.1) is 0 Å². The summed E-state index contributed by atoms with van der Waals surface area (Å²) in [6.45, 7) is 2.33. The van der Waals surface area contributed by atoms with Gasteiger partial charge < -0.3 is 5.32 Å². The molecule has 1 heteroatoms. The topological polar surface area (TPSA) is 12.0 Å². The second-order valence-electron chi connectivity index (χ2n) is 4.90. The van der Waals surface area contributed by atoms with E-state index < -0.39 is 0 Å². The number of nitrogens with one attached hydrogen (secondary N) is 1. The van der Waals surface area contributed by atoms with Crippen LogP contribution in [-0.2, 0) is 0 Å². The fraction of sp³-hybridized carbons (Fsp3) is 0.846. The third-order valence-corrected chi connectivity index (χ3v) is 3.78. The Hall–Kier alpha value is -0.300. The van der Waals surface area contributed by atoms with Crippen LogP contribution in [0.15, 0.2) is 11.1 Å². The summed E-state index contributed by atoms with van der Waals surface area (Å²) in [6, 6.07) is 0.621. The fourth-order valence-corrected chi connectivity index (χ4v) is 2.77. The molecule has 1 unspecified atom stereocenters. The van der Waals surface area contributed by atoms with Crippen LogP contribution in [0.2, 0.25) is 0 Å². The quantitative estimate of drug-likeness (QED) is 0.678. The van der Waals surface area contributed by atoms with E-state index in [-0.39, 0.29) is 0 Å². The summed E-state index contributed by atoms with van der Waals surface area (Å²) >= 11 is 0. The third-order valence-electron chi connectivity index (χ3n) is 3.78. The van der Waals surface area contributed by atoms with Crippen molar-refractivity contribution in [1.29, 1.82) is 0 Å². The zero-order valence-corrected chi connectivity index (χ0v) is 9.60. The van der Waals surface area contributed by atoms with Crippen molar-refractivity contribution >= 4 is 0 Å². The van der Waals surface area contributed by atoms with Crippen LogP contribution in [0.1, 0.15) is 51.9 Å². The molecule has 0 heterocycles. The standard InChI is InChI=1S/C13H23N/c1-10(14-2)13(12-8-9-12)11-6-4-3-5-7-11/h10,12,14H,3-9H2,1-2H3. The van der Waals surface area contributed by atoms with E-state index in [0.717, 1.165) is 5.92 Å². The van der Waals surface area contributed by atoms with Crippen molar-refractivity contribution in [3.05, 3.63) is 11.1 Å². The van der Waals surface area contributed by atoms with Gasteiger partial charge in [-0.3, -0.25) is 0 Å². The van der Waals surface area contributed by atoms with Gasteiger partial charge in [0.1, 0.15) is 0 Å². The molecule has 0 spiro atoms. The van der Waals surface area contributed by atoms with Gasteiger partial charge in [-0.2, -0.15) is 0 Å². The number of rotatable bonds is 3. The third kappa shape index (κ3) is 2.20. The Balaban J connectivity index is 2.13. The Morgan fingerprint density at radius 1 is 1.21 bits per heavy atom. The van der Waals surface area contributed by atoms with E-state index in [1.165, 1.54) is 44.9 Å². The van der Waals surface area contributed by atoms with Crippen molar-refractivity contribution in [2.24, 2.45) is 5.92 Å². The molecular weight excluding hydrogens is 170 g/mol. The number of hydrogen-bond acceptors (Lipinski definition) is 1. The normalized spacial score (nSPS) is 24.9. The van der Waals surface area contributed by atoms with Gasteiger partial charge in [-0.05, 0) is 58.4 Å². The Bertz CT molecular complexity index is 217. The number of likely N-dealkylation sites (N-methyl/N-ethyl adjacent to an activating group) is 1. The molecule has 0 amide bonds. The van der Waals surface area contributed by atoms with E-state index in [1.807, 2.05) is 0 Å². The summed E-state index contributed by atoms with van der Waals surface area (Å²) in [4.78, 5) is 0. The Kier molecular flexibility index (Phi) is 3.27. The molecule has 0 aliphatic heterocycles. The van der Waals surface area contributed by atoms with Crippen LogP contribution < -0.4 is 5.32 Å². The smallest absolute Gasteiger partial charge is 0.0253 e. The maximum atomic E-state index is 3.43. The molecule has 2 saturated carbocycles. The first kappa shape index (κ1) is 10.2. The predicted molar refractivity (Wildman–Crippen MR) is 61.4 cm³/mol. The SMILES string of the molecule is CNC(C)C(=C1CCCCC1)C1CC1. The van der Waals surface area contributed by atoms with Crippen molar-refractivity contribution < 1.29 is 0 Å². The van der Waals surface area contributed by atoms with E-state index in [1.54, 1.807) is 11.1 Å². The molecule has 1 atom stereocenters. The average molecular weight is 193 g/mol. The lowest BCUT2D eigenvalue weighted by Gasteiger charge is -2.23. The minimum absolute atomic E-state index is 0.621. The number of hydrogen-bond donors (Lipinski definition) is 1. The van der Waals surface area contributed by atoms with Crippen LogP contribution in [0.5, 0.6) is 0 Å². The monoisotopic (exact) mass is 193 g/mol. The molecule has 14 heavy (non-hydrogen) atoms. The van der Waals surface area contributed by atoms with Gasteiger partial charge in [0.15, 0.2) is 0 Å². The van der Waals surface area contributed by atoms with E-state index >= 15 is 0 Å². The van der Waals surface area contributed by atoms with E-state index in [2.05, 4.69) is 19.3 Å². The second kappa shape index (κ2) is 4.48. The van der Waals surface area contributed by atoms with E-state index in [0.29, 0.717) is 6.04 Å². The van der Waals surface area contributed by atoms with E-state index in [4.69, 9.17) is 0 Å². The first-order valence-electron chi connectivity index (χ1n) is 6.22. The van der Waals surface area contributed by atoms with Crippen LogP contribution in [0.4, 0.5) is 0 Å². The predicted octanol–water partition coefficient (Wildman–Crippen LogP) is 3.27. The first-order valence-corrected chi connectivity index (χ1v) is 6.22. The van der Waals surface area contributed by atoms with Gasteiger partial charge in [-0.25, -0.2) is 0 Å². The molecule has 2 fully saturated rings. The van der Waals surface area contributed by atoms with E-state index in [9.17, 15) is 0 Å². The molecule has 0 aromatic heterocycles. The summed E-state index contributed by atoms with van der Waals surface area (Å²) in [5, 5.41) is 3.43. The molecule has 1 N–H and O–H groups in total. The van der Waals surface area contributed by atoms with Gasteiger partial charge in [0, 0.05) is 6.04 Å². The summed E-state index contributed by atoms with van der Waals surface area (Å²) in [7, 11) is 2.09. The Morgan fingerprint density at radius 2 is 1.86 bits per heavy atom. The largest absolute Gasteiger partial charge is 0.314 e. The maximum absolute atomic E-state index is 3.43. The highest BCUT2D eigenvalue weighted by atomic mass is 14.9. The average Bonchev–Trinajstić information content (AvgIpc) is 3.04. The maximum Gasteiger partial charge on any atom is 0.0253 e. The van der Waals surface area contributed by atoms with Gasteiger partial charge >= 0.3 is 0 Å². The molecule has 0 bridgehead atoms. The summed E-state index contributed by atoms with van der Waals surface area (Å²) < 4.78 is 0. The zero-order chi connectivity index (χ0) is 9.97. The molecule has 0 radical (unpaired) electrons. The summed E-state index contributed by atoms with van der Waals surface area (Å²) in [5.41, 5.74) is 3.59. The van der Waals surface area contributed by atoms with Crippen molar-refractivity contribution in [2.45, 2.75) is 57.9 Å². The summed E-state index contributed by atoms with van der Waals surface area (Å²) in [6.07, 6.45) is 9.99. The molecular formula is C13H23N.